The summed E-state index contributed by atoms with van der Waals surface area (Å²) >= 11 is 2.21. The lowest BCUT2D eigenvalue weighted by Gasteiger charge is -2.25. The van der Waals surface area contributed by atoms with E-state index in [1.165, 1.54) is 11.1 Å². The highest BCUT2D eigenvalue weighted by molar-refractivity contribution is 14.1. The Morgan fingerprint density at radius 1 is 1.35 bits per heavy atom. The van der Waals surface area contributed by atoms with Crippen LogP contribution in [-0.4, -0.2) is 5.11 Å². The summed E-state index contributed by atoms with van der Waals surface area (Å²) in [7, 11) is 0. The molecule has 0 saturated heterocycles. The summed E-state index contributed by atoms with van der Waals surface area (Å²) < 4.78 is 0.952. The topological polar surface area (TPSA) is 46.2 Å². The molecule has 1 aromatic carbocycles. The Morgan fingerprint density at radius 2 is 1.88 bits per heavy atom. The summed E-state index contributed by atoms with van der Waals surface area (Å²) in [6.45, 7) is 9.07. The minimum absolute atomic E-state index is 0. The van der Waals surface area contributed by atoms with Gasteiger partial charge in [-0.05, 0) is 51.6 Å². The van der Waals surface area contributed by atoms with Crippen LogP contribution in [0.15, 0.2) is 6.07 Å². The van der Waals surface area contributed by atoms with E-state index in [1.807, 2.05) is 0 Å². The van der Waals surface area contributed by atoms with Crippen molar-refractivity contribution >= 4 is 35.0 Å². The highest BCUT2D eigenvalue weighted by Crippen LogP contribution is 2.36. The minimum Gasteiger partial charge on any atom is -0.506 e. The lowest BCUT2D eigenvalue weighted by Crippen LogP contribution is -2.16. The van der Waals surface area contributed by atoms with E-state index in [4.69, 9.17) is 5.73 Å². The van der Waals surface area contributed by atoms with Gasteiger partial charge in [-0.15, -0.1) is 12.4 Å². The zero-order valence-corrected chi connectivity index (χ0v) is 13.8. The molecule has 3 N–H and O–H groups in total. The zero-order chi connectivity index (χ0) is 12.5. The zero-order valence-electron chi connectivity index (χ0n) is 10.8. The lowest BCUT2D eigenvalue weighted by molar-refractivity contribution is 0.461. The summed E-state index contributed by atoms with van der Waals surface area (Å²) in [6, 6.07) is 2.05. The number of rotatable bonds is 2. The fraction of sp³-hybridized carbons (Fsp3) is 0.538. The van der Waals surface area contributed by atoms with E-state index < -0.39 is 0 Å². The molecule has 0 bridgehead atoms. The monoisotopic (exact) mass is 369 g/mol. The first-order valence-corrected chi connectivity index (χ1v) is 6.64. The Hall–Kier alpha value is -0.0000000000000000555. The Kier molecular flexibility index (Phi) is 6.25. The van der Waals surface area contributed by atoms with Gasteiger partial charge < -0.3 is 10.8 Å². The number of phenolic OH excluding ortho intramolecular Hbond substituents is 1. The molecule has 0 amide bonds. The maximum Gasteiger partial charge on any atom is 0.133 e. The predicted octanol–water partition coefficient (Wildman–Crippen LogP) is 3.74. The second-order valence-electron chi connectivity index (χ2n) is 5.03. The van der Waals surface area contributed by atoms with Gasteiger partial charge in [0, 0.05) is 12.1 Å². The van der Waals surface area contributed by atoms with Crippen LogP contribution in [0.25, 0.3) is 0 Å². The van der Waals surface area contributed by atoms with Crippen LogP contribution in [0.4, 0.5) is 0 Å². The molecule has 0 atom stereocenters. The van der Waals surface area contributed by atoms with Crippen LogP contribution in [-0.2, 0) is 18.4 Å². The van der Waals surface area contributed by atoms with Crippen molar-refractivity contribution < 1.29 is 5.11 Å². The molecule has 0 aliphatic rings. The predicted molar refractivity (Wildman–Crippen MR) is 84.0 cm³/mol. The van der Waals surface area contributed by atoms with Crippen molar-refractivity contribution in [2.75, 3.05) is 0 Å². The minimum atomic E-state index is 0. The van der Waals surface area contributed by atoms with Crippen LogP contribution in [0.5, 0.6) is 5.75 Å². The molecular formula is C13H21ClINO. The van der Waals surface area contributed by atoms with Crippen LogP contribution in [0.1, 0.15) is 44.4 Å². The third-order valence-electron chi connectivity index (χ3n) is 2.80. The molecule has 0 aliphatic heterocycles. The second-order valence-corrected chi connectivity index (χ2v) is 6.11. The lowest BCUT2D eigenvalue weighted by atomic mass is 9.82. The van der Waals surface area contributed by atoms with Gasteiger partial charge in [0.15, 0.2) is 0 Å². The molecule has 0 radical (unpaired) electrons. The van der Waals surface area contributed by atoms with Crippen molar-refractivity contribution in [3.8, 4) is 5.75 Å². The fourth-order valence-electron chi connectivity index (χ4n) is 1.90. The number of phenols is 1. The molecule has 1 rings (SSSR count). The van der Waals surface area contributed by atoms with Crippen molar-refractivity contribution in [3.05, 3.63) is 26.3 Å². The van der Waals surface area contributed by atoms with Gasteiger partial charge in [0.25, 0.3) is 0 Å². The Bertz CT molecular complexity index is 399. The Labute approximate surface area is 124 Å². The molecule has 0 spiro atoms. The van der Waals surface area contributed by atoms with Crippen molar-refractivity contribution in [1.82, 2.24) is 0 Å². The van der Waals surface area contributed by atoms with Crippen LogP contribution < -0.4 is 5.73 Å². The number of benzene rings is 1. The maximum atomic E-state index is 10.0. The molecule has 0 fully saturated rings. The van der Waals surface area contributed by atoms with E-state index >= 15 is 0 Å². The van der Waals surface area contributed by atoms with Gasteiger partial charge in [0.05, 0.1) is 3.57 Å². The molecule has 2 nitrogen and oxygen atoms in total. The standard InChI is InChI=1S/C13H20INO.ClH/c1-5-9-10(13(2,3)4)6-8(7-15)12(16)11(9)14;/h6,16H,5,7,15H2,1-4H3;1H. The van der Waals surface area contributed by atoms with Crippen molar-refractivity contribution in [3.63, 3.8) is 0 Å². The van der Waals surface area contributed by atoms with Gasteiger partial charge in [0.1, 0.15) is 5.75 Å². The van der Waals surface area contributed by atoms with Gasteiger partial charge in [-0.25, -0.2) is 0 Å². The summed E-state index contributed by atoms with van der Waals surface area (Å²) in [5.41, 5.74) is 9.11. The van der Waals surface area contributed by atoms with Crippen LogP contribution in [0.2, 0.25) is 0 Å². The number of nitrogens with two attached hydrogens (primary N) is 1. The fourth-order valence-corrected chi connectivity index (χ4v) is 2.92. The molecule has 4 heteroatoms. The number of halogens is 2. The molecule has 0 aliphatic carbocycles. The average Bonchev–Trinajstić information content (AvgIpc) is 2.20. The van der Waals surface area contributed by atoms with Crippen molar-refractivity contribution in [2.45, 2.75) is 46.1 Å². The van der Waals surface area contributed by atoms with Gasteiger partial charge in [-0.2, -0.15) is 0 Å². The second kappa shape index (κ2) is 6.25. The van der Waals surface area contributed by atoms with Gasteiger partial charge in [-0.1, -0.05) is 27.7 Å². The first-order valence-electron chi connectivity index (χ1n) is 5.56. The Morgan fingerprint density at radius 3 is 2.24 bits per heavy atom. The van der Waals surface area contributed by atoms with Crippen molar-refractivity contribution in [2.24, 2.45) is 5.73 Å². The summed E-state index contributed by atoms with van der Waals surface area (Å²) in [5, 5.41) is 10.0. The molecule has 0 heterocycles. The molecule has 0 unspecified atom stereocenters. The van der Waals surface area contributed by atoms with E-state index in [0.717, 1.165) is 15.6 Å². The van der Waals surface area contributed by atoms with E-state index in [1.54, 1.807) is 0 Å². The molecular weight excluding hydrogens is 349 g/mol. The Balaban J connectivity index is 0.00000256. The quantitative estimate of drug-likeness (QED) is 0.780. The average molecular weight is 370 g/mol. The first-order chi connectivity index (χ1) is 7.32. The van der Waals surface area contributed by atoms with E-state index in [-0.39, 0.29) is 17.8 Å². The first kappa shape index (κ1) is 17.0. The maximum absolute atomic E-state index is 10.0. The SMILES string of the molecule is CCc1c(C(C)(C)C)cc(CN)c(O)c1I.Cl. The molecule has 98 valence electrons. The van der Waals surface area contributed by atoms with E-state index in [0.29, 0.717) is 12.3 Å². The number of aromatic hydroxyl groups is 1. The third kappa shape index (κ3) is 3.48. The van der Waals surface area contributed by atoms with Gasteiger partial charge in [0.2, 0.25) is 0 Å². The summed E-state index contributed by atoms with van der Waals surface area (Å²) in [5.74, 6) is 0.355. The van der Waals surface area contributed by atoms with Crippen molar-refractivity contribution in [1.29, 1.82) is 0 Å². The van der Waals surface area contributed by atoms with Crippen LogP contribution in [0.3, 0.4) is 0 Å². The number of hydrogen-bond donors (Lipinski definition) is 2. The summed E-state index contributed by atoms with van der Waals surface area (Å²) in [6.07, 6.45) is 0.934. The largest absolute Gasteiger partial charge is 0.506 e. The van der Waals surface area contributed by atoms with Gasteiger partial charge in [-0.3, -0.25) is 0 Å². The summed E-state index contributed by atoms with van der Waals surface area (Å²) in [4.78, 5) is 0. The molecule has 0 saturated carbocycles. The number of hydrogen-bond acceptors (Lipinski definition) is 2. The highest BCUT2D eigenvalue weighted by atomic mass is 127. The third-order valence-corrected chi connectivity index (χ3v) is 3.96. The molecule has 1 aromatic rings. The highest BCUT2D eigenvalue weighted by Gasteiger charge is 2.22. The van der Waals surface area contributed by atoms with Crippen LogP contribution in [0, 0.1) is 3.57 Å². The van der Waals surface area contributed by atoms with E-state index in [9.17, 15) is 5.11 Å². The molecule has 0 aromatic heterocycles. The van der Waals surface area contributed by atoms with E-state index in [2.05, 4.69) is 56.4 Å². The normalized spacial score (nSPS) is 11.2. The smallest absolute Gasteiger partial charge is 0.133 e. The van der Waals surface area contributed by atoms with Crippen LogP contribution >= 0.6 is 35.0 Å². The van der Waals surface area contributed by atoms with Gasteiger partial charge >= 0.3 is 0 Å². The molecule has 17 heavy (non-hydrogen) atoms.